The van der Waals surface area contributed by atoms with Gasteiger partial charge in [-0.2, -0.15) is 0 Å². The zero-order chi connectivity index (χ0) is 14.8. The minimum absolute atomic E-state index is 0.113. The van der Waals surface area contributed by atoms with E-state index in [1.807, 2.05) is 30.3 Å². The third kappa shape index (κ3) is 3.28. The van der Waals surface area contributed by atoms with Gasteiger partial charge in [-0.15, -0.1) is 0 Å². The van der Waals surface area contributed by atoms with Crippen LogP contribution < -0.4 is 0 Å². The smallest absolute Gasteiger partial charge is 0.338 e. The highest BCUT2D eigenvalue weighted by molar-refractivity contribution is 5.80. The van der Waals surface area contributed by atoms with E-state index in [0.29, 0.717) is 12.8 Å². The van der Waals surface area contributed by atoms with Gasteiger partial charge >= 0.3 is 5.97 Å². The van der Waals surface area contributed by atoms with E-state index in [4.69, 9.17) is 4.74 Å². The van der Waals surface area contributed by atoms with Gasteiger partial charge in [-0.05, 0) is 38.2 Å². The molecule has 0 saturated heterocycles. The van der Waals surface area contributed by atoms with E-state index in [9.17, 15) is 9.90 Å². The molecule has 0 aliphatic heterocycles. The summed E-state index contributed by atoms with van der Waals surface area (Å²) in [6.45, 7) is 7.55. The number of rotatable bonds is 3. The summed E-state index contributed by atoms with van der Waals surface area (Å²) in [6, 6.07) is 9.95. The number of hydrogen-bond donors (Lipinski definition) is 1. The molecule has 1 aromatic rings. The molecule has 2 atom stereocenters. The van der Waals surface area contributed by atoms with Gasteiger partial charge in [-0.1, -0.05) is 42.5 Å². The highest BCUT2D eigenvalue weighted by Crippen LogP contribution is 2.41. The molecule has 3 heteroatoms. The van der Waals surface area contributed by atoms with Crippen LogP contribution in [0.4, 0.5) is 0 Å². The molecule has 3 nitrogen and oxygen atoms in total. The first-order valence-corrected chi connectivity index (χ1v) is 7.06. The van der Waals surface area contributed by atoms with Gasteiger partial charge in [0.1, 0.15) is 0 Å². The number of benzene rings is 1. The molecule has 0 spiro atoms. The van der Waals surface area contributed by atoms with Gasteiger partial charge in [0.25, 0.3) is 0 Å². The van der Waals surface area contributed by atoms with Crippen molar-refractivity contribution in [1.29, 1.82) is 0 Å². The molecule has 0 radical (unpaired) electrons. The number of carbonyl (C=O) groups is 1. The fourth-order valence-corrected chi connectivity index (χ4v) is 2.83. The largest absolute Gasteiger partial charge is 0.461 e. The first-order valence-electron chi connectivity index (χ1n) is 7.06. The van der Waals surface area contributed by atoms with Crippen molar-refractivity contribution >= 4 is 5.97 Å². The molecule has 20 heavy (non-hydrogen) atoms. The summed E-state index contributed by atoms with van der Waals surface area (Å²) in [6.07, 6.45) is 1.27. The first-order chi connectivity index (χ1) is 9.40. The van der Waals surface area contributed by atoms with Crippen molar-refractivity contribution < 1.29 is 14.6 Å². The fraction of sp³-hybridized carbons (Fsp3) is 0.471. The molecular formula is C17H22O3. The lowest BCUT2D eigenvalue weighted by Gasteiger charge is -2.36. The van der Waals surface area contributed by atoms with Gasteiger partial charge in [0.2, 0.25) is 0 Å². The number of esters is 1. The Morgan fingerprint density at radius 2 is 2.05 bits per heavy atom. The van der Waals surface area contributed by atoms with Crippen LogP contribution >= 0.6 is 0 Å². The lowest BCUT2D eigenvalue weighted by atomic mass is 9.73. The third-order valence-electron chi connectivity index (χ3n) is 3.66. The van der Waals surface area contributed by atoms with Gasteiger partial charge in [0.05, 0.1) is 6.10 Å². The second kappa shape index (κ2) is 5.80. The Bertz CT molecular complexity index is 492. The molecule has 0 heterocycles. The molecule has 1 aliphatic rings. The number of ether oxygens (including phenoxy) is 1. The van der Waals surface area contributed by atoms with Crippen LogP contribution in [0.1, 0.15) is 44.6 Å². The van der Waals surface area contributed by atoms with Crippen molar-refractivity contribution in [3.05, 3.63) is 48.0 Å². The molecular weight excluding hydrogens is 252 g/mol. The second-order valence-electron chi connectivity index (χ2n) is 5.93. The minimum atomic E-state index is -1.44. The predicted octanol–water partition coefficient (Wildman–Crippen LogP) is 3.19. The maximum absolute atomic E-state index is 12.1. The van der Waals surface area contributed by atoms with E-state index in [0.717, 1.165) is 17.6 Å². The van der Waals surface area contributed by atoms with Crippen LogP contribution in [0.15, 0.2) is 42.5 Å². The van der Waals surface area contributed by atoms with Gasteiger partial charge in [-0.25, -0.2) is 4.79 Å². The Balaban J connectivity index is 2.19. The molecule has 2 rings (SSSR count). The van der Waals surface area contributed by atoms with Crippen LogP contribution in [-0.4, -0.2) is 22.8 Å². The Morgan fingerprint density at radius 3 is 2.65 bits per heavy atom. The Labute approximate surface area is 120 Å². The summed E-state index contributed by atoms with van der Waals surface area (Å²) in [5.41, 5.74) is 0.581. The Kier molecular flexibility index (Phi) is 4.29. The van der Waals surface area contributed by atoms with E-state index >= 15 is 0 Å². The summed E-state index contributed by atoms with van der Waals surface area (Å²) < 4.78 is 5.20. The third-order valence-corrected chi connectivity index (χ3v) is 3.66. The van der Waals surface area contributed by atoms with E-state index in [1.165, 1.54) is 0 Å². The van der Waals surface area contributed by atoms with Gasteiger partial charge < -0.3 is 9.84 Å². The second-order valence-corrected chi connectivity index (χ2v) is 5.93. The predicted molar refractivity (Wildman–Crippen MR) is 78.4 cm³/mol. The van der Waals surface area contributed by atoms with Crippen molar-refractivity contribution in [2.75, 3.05) is 0 Å². The van der Waals surface area contributed by atoms with E-state index in [-0.39, 0.29) is 12.0 Å². The van der Waals surface area contributed by atoms with Crippen LogP contribution in [-0.2, 0) is 9.53 Å². The molecule has 0 amide bonds. The van der Waals surface area contributed by atoms with Crippen LogP contribution in [0.5, 0.6) is 0 Å². The quantitative estimate of drug-likeness (QED) is 0.680. The molecule has 1 N–H and O–H groups in total. The van der Waals surface area contributed by atoms with Gasteiger partial charge in [0, 0.05) is 6.42 Å². The molecule has 1 saturated carbocycles. The topological polar surface area (TPSA) is 46.5 Å². The average molecular weight is 274 g/mol. The highest BCUT2D eigenvalue weighted by atomic mass is 16.6. The first kappa shape index (κ1) is 14.8. The maximum atomic E-state index is 12.1. The van der Waals surface area contributed by atoms with Crippen molar-refractivity contribution in [3.8, 4) is 0 Å². The lowest BCUT2D eigenvalue weighted by Crippen LogP contribution is -2.45. The molecule has 1 aliphatic carbocycles. The van der Waals surface area contributed by atoms with Crippen molar-refractivity contribution in [1.82, 2.24) is 0 Å². The van der Waals surface area contributed by atoms with Gasteiger partial charge in [-0.3, -0.25) is 0 Å². The average Bonchev–Trinajstić information content (AvgIpc) is 2.38. The number of hydrogen-bond acceptors (Lipinski definition) is 3. The zero-order valence-electron chi connectivity index (χ0n) is 12.1. The minimum Gasteiger partial charge on any atom is -0.461 e. The molecule has 1 fully saturated rings. The van der Waals surface area contributed by atoms with E-state index in [2.05, 4.69) is 6.58 Å². The number of aliphatic hydroxyl groups is 1. The zero-order valence-corrected chi connectivity index (χ0v) is 12.1. The summed E-state index contributed by atoms with van der Waals surface area (Å²) in [7, 11) is 0. The Hall–Kier alpha value is -1.61. The number of carbonyl (C=O) groups excluding carboxylic acids is 1. The summed E-state index contributed by atoms with van der Waals surface area (Å²) in [5, 5.41) is 10.7. The van der Waals surface area contributed by atoms with Crippen molar-refractivity contribution in [2.24, 2.45) is 0 Å². The molecule has 2 unspecified atom stereocenters. The molecule has 1 aromatic carbocycles. The lowest BCUT2D eigenvalue weighted by molar-refractivity contribution is -0.171. The normalized spacial score (nSPS) is 26.6. The SMILES string of the molecule is C=C1CC(c2ccccc2)CC(O)(C(=O)OC(C)C)C1. The standard InChI is InChI=1S/C17H22O3/c1-12(2)20-16(18)17(19)10-13(3)9-15(11-17)14-7-5-4-6-8-14/h4-8,12,15,19H,3,9-11H2,1-2H3. The molecule has 0 bridgehead atoms. The summed E-state index contributed by atoms with van der Waals surface area (Å²) >= 11 is 0. The monoisotopic (exact) mass is 274 g/mol. The van der Waals surface area contributed by atoms with Gasteiger partial charge in [0.15, 0.2) is 5.60 Å². The summed E-state index contributed by atoms with van der Waals surface area (Å²) in [5.74, 6) is -0.420. The van der Waals surface area contributed by atoms with Crippen LogP contribution in [0.25, 0.3) is 0 Å². The fourth-order valence-electron chi connectivity index (χ4n) is 2.83. The molecule has 0 aromatic heterocycles. The van der Waals surface area contributed by atoms with E-state index < -0.39 is 11.6 Å². The highest BCUT2D eigenvalue weighted by Gasteiger charge is 2.44. The van der Waals surface area contributed by atoms with Crippen molar-refractivity contribution in [3.63, 3.8) is 0 Å². The maximum Gasteiger partial charge on any atom is 0.338 e. The van der Waals surface area contributed by atoms with Crippen LogP contribution in [0.3, 0.4) is 0 Å². The van der Waals surface area contributed by atoms with E-state index in [1.54, 1.807) is 13.8 Å². The van der Waals surface area contributed by atoms with Crippen LogP contribution in [0.2, 0.25) is 0 Å². The van der Waals surface area contributed by atoms with Crippen LogP contribution in [0, 0.1) is 0 Å². The van der Waals surface area contributed by atoms with Crippen molar-refractivity contribution in [2.45, 2.75) is 50.7 Å². The molecule has 108 valence electrons. The Morgan fingerprint density at radius 1 is 1.40 bits per heavy atom. The summed E-state index contributed by atoms with van der Waals surface area (Å²) in [4.78, 5) is 12.1.